The van der Waals surface area contributed by atoms with Crippen molar-refractivity contribution in [2.24, 2.45) is 7.05 Å². The van der Waals surface area contributed by atoms with E-state index in [1.54, 1.807) is 48.1 Å². The Morgan fingerprint density at radius 1 is 1.02 bits per heavy atom. The summed E-state index contributed by atoms with van der Waals surface area (Å²) in [5.74, 6) is -0.725. The summed E-state index contributed by atoms with van der Waals surface area (Å²) in [5, 5.41) is 5.81. The quantitative estimate of drug-likeness (QED) is 0.249. The third kappa shape index (κ3) is 6.52. The SMILES string of the molecule is CN(c1ccnc(Nc2ccc(CS(C)(=O)=O)cc2)n1)c1cccc2c1nc(NC(=O)Cc1cc(F)ccc1F)n2C. The molecule has 0 unspecified atom stereocenters. The Morgan fingerprint density at radius 3 is 2.52 bits per heavy atom. The normalized spacial score (nSPS) is 11.5. The first-order valence-corrected chi connectivity index (χ1v) is 14.8. The fourth-order valence-electron chi connectivity index (χ4n) is 4.44. The van der Waals surface area contributed by atoms with E-state index in [9.17, 15) is 22.0 Å². The third-order valence-corrected chi connectivity index (χ3v) is 7.34. The van der Waals surface area contributed by atoms with Crippen molar-refractivity contribution in [3.8, 4) is 0 Å². The van der Waals surface area contributed by atoms with Gasteiger partial charge in [-0.05, 0) is 54.1 Å². The molecular weight excluding hydrogens is 564 g/mol. The molecule has 0 fully saturated rings. The third-order valence-electron chi connectivity index (χ3n) is 6.49. The zero-order valence-corrected chi connectivity index (χ0v) is 23.8. The van der Waals surface area contributed by atoms with Crippen LogP contribution >= 0.6 is 0 Å². The Bertz CT molecular complexity index is 1890. The number of benzene rings is 3. The van der Waals surface area contributed by atoms with Crippen LogP contribution in [0.15, 0.2) is 72.9 Å². The number of para-hydroxylation sites is 1. The smallest absolute Gasteiger partial charge is 0.231 e. The van der Waals surface area contributed by atoms with Crippen molar-refractivity contribution in [2.75, 3.05) is 28.8 Å². The van der Waals surface area contributed by atoms with Gasteiger partial charge in [-0.3, -0.25) is 10.1 Å². The highest BCUT2D eigenvalue weighted by atomic mass is 32.2. The molecule has 5 rings (SSSR count). The summed E-state index contributed by atoms with van der Waals surface area (Å²) in [6.45, 7) is 0. The largest absolute Gasteiger partial charge is 0.327 e. The van der Waals surface area contributed by atoms with Crippen LogP contribution < -0.4 is 15.5 Å². The van der Waals surface area contributed by atoms with Crippen LogP contribution in [0.25, 0.3) is 11.0 Å². The van der Waals surface area contributed by atoms with E-state index in [2.05, 4.69) is 25.6 Å². The molecule has 2 heterocycles. The number of amides is 1. The van der Waals surface area contributed by atoms with Crippen molar-refractivity contribution in [1.29, 1.82) is 0 Å². The number of anilines is 5. The lowest BCUT2D eigenvalue weighted by atomic mass is 10.1. The maximum absolute atomic E-state index is 14.0. The first-order valence-electron chi connectivity index (χ1n) is 12.8. The maximum atomic E-state index is 14.0. The van der Waals surface area contributed by atoms with E-state index in [4.69, 9.17) is 0 Å². The number of hydrogen-bond donors (Lipinski definition) is 2. The van der Waals surface area contributed by atoms with Crippen LogP contribution in [0.2, 0.25) is 0 Å². The first-order chi connectivity index (χ1) is 20.0. The summed E-state index contributed by atoms with van der Waals surface area (Å²) in [6, 6.07) is 17.2. The second kappa shape index (κ2) is 11.5. The minimum Gasteiger partial charge on any atom is -0.327 e. The zero-order valence-electron chi connectivity index (χ0n) is 23.0. The topological polar surface area (TPSA) is 122 Å². The number of nitrogens with one attached hydrogen (secondary N) is 2. The highest BCUT2D eigenvalue weighted by Crippen LogP contribution is 2.31. The number of carbonyl (C=O) groups is 1. The van der Waals surface area contributed by atoms with Crippen LogP contribution in [-0.2, 0) is 33.9 Å². The summed E-state index contributed by atoms with van der Waals surface area (Å²) in [4.78, 5) is 28.0. The summed E-state index contributed by atoms with van der Waals surface area (Å²) < 4.78 is 52.4. The van der Waals surface area contributed by atoms with Gasteiger partial charge in [-0.1, -0.05) is 18.2 Å². The highest BCUT2D eigenvalue weighted by molar-refractivity contribution is 7.89. The minimum atomic E-state index is -3.13. The Morgan fingerprint density at radius 2 is 1.79 bits per heavy atom. The average molecular weight is 592 g/mol. The lowest BCUT2D eigenvalue weighted by Gasteiger charge is -2.19. The maximum Gasteiger partial charge on any atom is 0.231 e. The van der Waals surface area contributed by atoms with Gasteiger partial charge >= 0.3 is 0 Å². The molecule has 2 N–H and O–H groups in total. The van der Waals surface area contributed by atoms with Gasteiger partial charge in [0.05, 0.1) is 23.4 Å². The molecule has 42 heavy (non-hydrogen) atoms. The lowest BCUT2D eigenvalue weighted by Crippen LogP contribution is -2.18. The fourth-order valence-corrected chi connectivity index (χ4v) is 5.24. The number of hydrogen-bond acceptors (Lipinski definition) is 8. The van der Waals surface area contributed by atoms with Crippen molar-refractivity contribution in [1.82, 2.24) is 19.5 Å². The van der Waals surface area contributed by atoms with Gasteiger partial charge < -0.3 is 14.8 Å². The minimum absolute atomic E-state index is 0.0416. The Balaban J connectivity index is 1.35. The predicted molar refractivity (Wildman–Crippen MR) is 158 cm³/mol. The zero-order chi connectivity index (χ0) is 30.0. The molecular formula is C29H27F2N7O3S. The van der Waals surface area contributed by atoms with E-state index in [1.165, 1.54) is 6.26 Å². The van der Waals surface area contributed by atoms with Crippen LogP contribution in [0, 0.1) is 11.6 Å². The second-order valence-electron chi connectivity index (χ2n) is 9.79. The molecule has 13 heteroatoms. The fraction of sp³-hybridized carbons (Fsp3) is 0.172. The second-order valence-corrected chi connectivity index (χ2v) is 11.9. The van der Waals surface area contributed by atoms with Crippen molar-refractivity contribution in [2.45, 2.75) is 12.2 Å². The Kier molecular flexibility index (Phi) is 7.85. The molecule has 0 radical (unpaired) electrons. The molecule has 0 aliphatic carbocycles. The molecule has 0 bridgehead atoms. The molecule has 216 valence electrons. The molecule has 2 aromatic heterocycles. The summed E-state index contributed by atoms with van der Waals surface area (Å²) in [7, 11) is 0.428. The van der Waals surface area contributed by atoms with Gasteiger partial charge in [-0.15, -0.1) is 0 Å². The van der Waals surface area contributed by atoms with Gasteiger partial charge in [0.2, 0.25) is 17.8 Å². The van der Waals surface area contributed by atoms with Crippen LogP contribution in [-0.4, -0.2) is 47.1 Å². The van der Waals surface area contributed by atoms with E-state index >= 15 is 0 Å². The number of rotatable bonds is 9. The van der Waals surface area contributed by atoms with Crippen molar-refractivity contribution < 1.29 is 22.0 Å². The summed E-state index contributed by atoms with van der Waals surface area (Å²) in [6.07, 6.45) is 2.44. The van der Waals surface area contributed by atoms with Gasteiger partial charge in [0.15, 0.2) is 9.84 Å². The molecule has 0 saturated heterocycles. The molecule has 0 spiro atoms. The summed E-state index contributed by atoms with van der Waals surface area (Å²) >= 11 is 0. The van der Waals surface area contributed by atoms with E-state index in [-0.39, 0.29) is 23.7 Å². The van der Waals surface area contributed by atoms with Crippen LogP contribution in [0.4, 0.5) is 37.9 Å². The first kappa shape index (κ1) is 28.6. The van der Waals surface area contributed by atoms with Crippen molar-refractivity contribution in [3.63, 3.8) is 0 Å². The monoisotopic (exact) mass is 591 g/mol. The number of halogens is 2. The van der Waals surface area contributed by atoms with E-state index < -0.39 is 27.4 Å². The Hall–Kier alpha value is -4.91. The molecule has 10 nitrogen and oxygen atoms in total. The van der Waals surface area contributed by atoms with Gasteiger partial charge in [0.1, 0.15) is 23.0 Å². The van der Waals surface area contributed by atoms with Gasteiger partial charge in [0.25, 0.3) is 0 Å². The number of carbonyl (C=O) groups excluding carboxylic acids is 1. The average Bonchev–Trinajstić information content (AvgIpc) is 3.25. The van der Waals surface area contributed by atoms with Gasteiger partial charge in [0, 0.05) is 37.8 Å². The molecule has 3 aromatic carbocycles. The summed E-state index contributed by atoms with van der Waals surface area (Å²) in [5.41, 5.74) is 3.34. The van der Waals surface area contributed by atoms with E-state index in [1.807, 2.05) is 30.1 Å². The van der Waals surface area contributed by atoms with Gasteiger partial charge in [-0.2, -0.15) is 4.98 Å². The molecule has 0 atom stereocenters. The number of sulfone groups is 1. The number of nitrogens with zero attached hydrogens (tertiary/aromatic N) is 5. The Labute approximate surface area is 241 Å². The lowest BCUT2D eigenvalue weighted by molar-refractivity contribution is -0.115. The number of fused-ring (bicyclic) bond motifs is 1. The number of aryl methyl sites for hydroxylation is 1. The molecule has 0 saturated carbocycles. The predicted octanol–water partition coefficient (Wildman–Crippen LogP) is 4.88. The number of imidazole rings is 1. The number of aromatic nitrogens is 4. The molecule has 1 amide bonds. The van der Waals surface area contributed by atoms with Crippen molar-refractivity contribution >= 4 is 55.9 Å². The standard InChI is InChI=1S/C29H27F2N7O3S/c1-37(25-13-14-32-28(34-25)33-21-10-7-18(8-11-21)17-42(3,40)41)23-5-4-6-24-27(23)36-29(38(24)2)35-26(39)16-19-15-20(30)9-12-22(19)31/h4-15H,16-17H2,1-3H3,(H,32,33,34)(H,35,36,39). The van der Waals surface area contributed by atoms with Gasteiger partial charge in [-0.25, -0.2) is 27.2 Å². The van der Waals surface area contributed by atoms with E-state index in [0.29, 0.717) is 34.2 Å². The van der Waals surface area contributed by atoms with Crippen LogP contribution in [0.1, 0.15) is 11.1 Å². The van der Waals surface area contributed by atoms with Crippen LogP contribution in [0.3, 0.4) is 0 Å². The highest BCUT2D eigenvalue weighted by Gasteiger charge is 2.18. The van der Waals surface area contributed by atoms with Crippen LogP contribution in [0.5, 0.6) is 0 Å². The molecule has 0 aliphatic heterocycles. The molecule has 0 aliphatic rings. The molecule has 5 aromatic rings. The van der Waals surface area contributed by atoms with E-state index in [0.717, 1.165) is 23.7 Å². The van der Waals surface area contributed by atoms with Crippen molar-refractivity contribution in [3.05, 3.63) is 95.7 Å².